The number of nitrogens with zero attached hydrogens (tertiary/aromatic N) is 3. The SMILES string of the molecule is CN1CCN(c2ccc(NCC(=O)N(C)C3CCS(=O)(=O)C3)cc2)CC1. The minimum atomic E-state index is -2.98. The largest absolute Gasteiger partial charge is 0.376 e. The molecule has 3 rings (SSSR count). The van der Waals surface area contributed by atoms with Gasteiger partial charge in [-0.05, 0) is 37.7 Å². The minimum Gasteiger partial charge on any atom is -0.376 e. The molecule has 0 spiro atoms. The number of carbonyl (C=O) groups is 1. The molecule has 2 aliphatic heterocycles. The van der Waals surface area contributed by atoms with Crippen molar-refractivity contribution in [2.24, 2.45) is 0 Å². The molecule has 2 saturated heterocycles. The van der Waals surface area contributed by atoms with E-state index < -0.39 is 9.84 Å². The van der Waals surface area contributed by atoms with Crippen LogP contribution in [0.15, 0.2) is 24.3 Å². The van der Waals surface area contributed by atoms with Gasteiger partial charge >= 0.3 is 0 Å². The van der Waals surface area contributed by atoms with Gasteiger partial charge in [0.25, 0.3) is 0 Å². The highest BCUT2D eigenvalue weighted by atomic mass is 32.2. The van der Waals surface area contributed by atoms with Crippen molar-refractivity contribution in [1.29, 1.82) is 0 Å². The number of amides is 1. The number of likely N-dealkylation sites (N-methyl/N-ethyl adjacent to an activating group) is 2. The lowest BCUT2D eigenvalue weighted by Gasteiger charge is -2.34. The van der Waals surface area contributed by atoms with Crippen LogP contribution in [0.25, 0.3) is 0 Å². The van der Waals surface area contributed by atoms with Crippen molar-refractivity contribution < 1.29 is 13.2 Å². The minimum absolute atomic E-state index is 0.0783. The molecular weight excluding hydrogens is 352 g/mol. The van der Waals surface area contributed by atoms with Crippen LogP contribution >= 0.6 is 0 Å². The summed E-state index contributed by atoms with van der Waals surface area (Å²) in [6.45, 7) is 4.35. The fourth-order valence-corrected chi connectivity index (χ4v) is 5.22. The Kier molecular flexibility index (Phi) is 5.72. The second-order valence-corrected chi connectivity index (χ2v) is 9.48. The number of rotatable bonds is 5. The van der Waals surface area contributed by atoms with Crippen LogP contribution in [0.3, 0.4) is 0 Å². The summed E-state index contributed by atoms with van der Waals surface area (Å²) in [6.07, 6.45) is 0.532. The number of benzene rings is 1. The summed E-state index contributed by atoms with van der Waals surface area (Å²) in [5, 5.41) is 3.14. The van der Waals surface area contributed by atoms with E-state index in [9.17, 15) is 13.2 Å². The van der Waals surface area contributed by atoms with E-state index in [-0.39, 0.29) is 30.0 Å². The molecule has 26 heavy (non-hydrogen) atoms. The van der Waals surface area contributed by atoms with Gasteiger partial charge in [0.2, 0.25) is 5.91 Å². The molecule has 0 saturated carbocycles. The monoisotopic (exact) mass is 380 g/mol. The van der Waals surface area contributed by atoms with E-state index in [1.54, 1.807) is 11.9 Å². The zero-order chi connectivity index (χ0) is 18.7. The first kappa shape index (κ1) is 19.0. The maximum atomic E-state index is 12.3. The van der Waals surface area contributed by atoms with Gasteiger partial charge in [-0.3, -0.25) is 4.79 Å². The highest BCUT2D eigenvalue weighted by Crippen LogP contribution is 2.20. The van der Waals surface area contributed by atoms with Gasteiger partial charge in [-0.15, -0.1) is 0 Å². The fraction of sp³-hybridized carbons (Fsp3) is 0.611. The molecule has 7 nitrogen and oxygen atoms in total. The number of carbonyl (C=O) groups excluding carboxylic acids is 1. The van der Waals surface area contributed by atoms with Crippen LogP contribution < -0.4 is 10.2 Å². The fourth-order valence-electron chi connectivity index (χ4n) is 3.44. The second-order valence-electron chi connectivity index (χ2n) is 7.25. The molecule has 0 aliphatic carbocycles. The van der Waals surface area contributed by atoms with Crippen LogP contribution in [0.2, 0.25) is 0 Å². The smallest absolute Gasteiger partial charge is 0.241 e. The molecule has 0 radical (unpaired) electrons. The van der Waals surface area contributed by atoms with E-state index >= 15 is 0 Å². The molecule has 2 fully saturated rings. The molecule has 8 heteroatoms. The Morgan fingerprint density at radius 2 is 1.85 bits per heavy atom. The van der Waals surface area contributed by atoms with Gasteiger partial charge in [-0.1, -0.05) is 0 Å². The lowest BCUT2D eigenvalue weighted by molar-refractivity contribution is -0.129. The number of piperazine rings is 1. The van der Waals surface area contributed by atoms with Gasteiger partial charge in [-0.2, -0.15) is 0 Å². The molecule has 0 aromatic heterocycles. The van der Waals surface area contributed by atoms with Crippen LogP contribution in [0.1, 0.15) is 6.42 Å². The zero-order valence-corrected chi connectivity index (χ0v) is 16.3. The normalized spacial score (nSPS) is 23.0. The van der Waals surface area contributed by atoms with Gasteiger partial charge in [-0.25, -0.2) is 8.42 Å². The van der Waals surface area contributed by atoms with Crippen LogP contribution in [-0.4, -0.2) is 88.5 Å². The predicted octanol–water partition coefficient (Wildman–Crippen LogP) is 0.496. The van der Waals surface area contributed by atoms with Crippen molar-refractivity contribution in [3.63, 3.8) is 0 Å². The van der Waals surface area contributed by atoms with E-state index in [2.05, 4.69) is 34.3 Å². The Morgan fingerprint density at radius 3 is 2.42 bits per heavy atom. The molecule has 1 amide bonds. The van der Waals surface area contributed by atoms with Crippen molar-refractivity contribution in [2.75, 3.05) is 68.5 Å². The Hall–Kier alpha value is -1.80. The summed E-state index contributed by atoms with van der Waals surface area (Å²) in [6, 6.07) is 7.92. The number of hydrogen-bond donors (Lipinski definition) is 1. The Morgan fingerprint density at radius 1 is 1.19 bits per heavy atom. The van der Waals surface area contributed by atoms with Crippen LogP contribution in [0.5, 0.6) is 0 Å². The van der Waals surface area contributed by atoms with Crippen molar-refractivity contribution >= 4 is 27.1 Å². The zero-order valence-electron chi connectivity index (χ0n) is 15.5. The first-order valence-corrected chi connectivity index (χ1v) is 10.9. The molecular formula is C18H28N4O3S. The summed E-state index contributed by atoms with van der Waals surface area (Å²) in [7, 11) is 0.843. The third-order valence-corrected chi connectivity index (χ3v) is 7.08. The van der Waals surface area contributed by atoms with Gasteiger partial charge in [0.15, 0.2) is 9.84 Å². The highest BCUT2D eigenvalue weighted by molar-refractivity contribution is 7.91. The first-order chi connectivity index (χ1) is 12.3. The lowest BCUT2D eigenvalue weighted by Crippen LogP contribution is -2.44. The number of anilines is 2. The van der Waals surface area contributed by atoms with Crippen LogP contribution in [0, 0.1) is 0 Å². The average Bonchev–Trinajstić information content (AvgIpc) is 3.00. The van der Waals surface area contributed by atoms with E-state index in [0.29, 0.717) is 6.42 Å². The molecule has 1 atom stereocenters. The van der Waals surface area contributed by atoms with E-state index in [4.69, 9.17) is 0 Å². The van der Waals surface area contributed by atoms with Gasteiger partial charge in [0.1, 0.15) is 0 Å². The quantitative estimate of drug-likeness (QED) is 0.802. The highest BCUT2D eigenvalue weighted by Gasteiger charge is 2.32. The van der Waals surface area contributed by atoms with Crippen molar-refractivity contribution in [3.8, 4) is 0 Å². The average molecular weight is 381 g/mol. The molecule has 1 aromatic rings. The van der Waals surface area contributed by atoms with Crippen molar-refractivity contribution in [2.45, 2.75) is 12.5 Å². The summed E-state index contributed by atoms with van der Waals surface area (Å²) in [4.78, 5) is 18.6. The number of nitrogens with one attached hydrogen (secondary N) is 1. The van der Waals surface area contributed by atoms with E-state index in [1.165, 1.54) is 5.69 Å². The second kappa shape index (κ2) is 7.84. The van der Waals surface area contributed by atoms with E-state index in [1.807, 2.05) is 12.1 Å². The van der Waals surface area contributed by atoms with E-state index in [0.717, 1.165) is 31.9 Å². The van der Waals surface area contributed by atoms with Crippen molar-refractivity contribution in [3.05, 3.63) is 24.3 Å². The Balaban J connectivity index is 1.49. The molecule has 144 valence electrons. The summed E-state index contributed by atoms with van der Waals surface area (Å²) >= 11 is 0. The number of hydrogen-bond acceptors (Lipinski definition) is 6. The predicted molar refractivity (Wildman–Crippen MR) is 104 cm³/mol. The molecule has 1 aromatic carbocycles. The molecule has 1 unspecified atom stereocenters. The van der Waals surface area contributed by atoms with Crippen LogP contribution in [0.4, 0.5) is 11.4 Å². The third kappa shape index (κ3) is 4.67. The maximum Gasteiger partial charge on any atom is 0.241 e. The Labute approximate surface area is 155 Å². The summed E-state index contributed by atoms with van der Waals surface area (Å²) < 4.78 is 23.1. The third-order valence-electron chi connectivity index (χ3n) is 5.33. The van der Waals surface area contributed by atoms with Crippen LogP contribution in [-0.2, 0) is 14.6 Å². The maximum absolute atomic E-state index is 12.3. The summed E-state index contributed by atoms with van der Waals surface area (Å²) in [5.41, 5.74) is 2.09. The van der Waals surface area contributed by atoms with Gasteiger partial charge < -0.3 is 20.0 Å². The molecule has 1 N–H and O–H groups in total. The van der Waals surface area contributed by atoms with Gasteiger partial charge in [0, 0.05) is 50.6 Å². The Bertz CT molecular complexity index is 727. The molecule has 2 heterocycles. The standard InChI is InChI=1S/C18H28N4O3S/c1-20-8-10-22(11-9-20)16-5-3-15(4-6-16)19-13-18(23)21(2)17-7-12-26(24,25)14-17/h3-6,17,19H,7-14H2,1-2H3. The summed E-state index contributed by atoms with van der Waals surface area (Å²) in [5.74, 6) is 0.168. The molecule has 2 aliphatic rings. The van der Waals surface area contributed by atoms with Crippen molar-refractivity contribution in [1.82, 2.24) is 9.80 Å². The number of sulfone groups is 1. The molecule has 0 bridgehead atoms. The first-order valence-electron chi connectivity index (χ1n) is 9.07. The lowest BCUT2D eigenvalue weighted by atomic mass is 10.2. The van der Waals surface area contributed by atoms with Gasteiger partial charge in [0.05, 0.1) is 18.1 Å². The topological polar surface area (TPSA) is 73.0 Å².